The molecule has 0 aliphatic carbocycles. The van der Waals surface area contributed by atoms with Gasteiger partial charge in [0.1, 0.15) is 0 Å². The van der Waals surface area contributed by atoms with Gasteiger partial charge in [-0.25, -0.2) is 14.6 Å². The number of hydrogen-bond acceptors (Lipinski definition) is 7. The summed E-state index contributed by atoms with van der Waals surface area (Å²) in [5.74, 6) is 0. The van der Waals surface area contributed by atoms with Gasteiger partial charge in [0, 0.05) is 30.0 Å². The highest BCUT2D eigenvalue weighted by atomic mass is 16.5. The fourth-order valence-electron chi connectivity index (χ4n) is 6.48. The second-order valence-corrected chi connectivity index (χ2v) is 12.3. The van der Waals surface area contributed by atoms with Crippen molar-refractivity contribution >= 4 is 5.71 Å². The fourth-order valence-corrected chi connectivity index (χ4v) is 6.48. The standard InChI is InChI=1S/C38H46N6O2/c1-5-30(39)25(3)37(40-27-14-13-22-45-24-27)34-19-11-17-32(41-34)28-15-7-8-16-29(28)33-18-12-20-35(42-33)38-26(4)31(6-2)43-44(38)36-21-9-10-23-46-36/h7-8,11-12,15-20,27,36H,5-6,9-10,13-14,21-24,39H2,1-4H3. The van der Waals surface area contributed by atoms with Crippen LogP contribution in [-0.4, -0.2) is 51.3 Å². The first-order chi connectivity index (χ1) is 22.5. The number of hydrogen-bond donors (Lipinski definition) is 1. The quantitative estimate of drug-likeness (QED) is 0.192. The fraction of sp³-hybridized carbons (Fsp3) is 0.421. The maximum absolute atomic E-state index is 6.47. The minimum absolute atomic E-state index is 0.0669. The number of benzene rings is 1. The van der Waals surface area contributed by atoms with E-state index in [9.17, 15) is 0 Å². The van der Waals surface area contributed by atoms with E-state index >= 15 is 0 Å². The van der Waals surface area contributed by atoms with Gasteiger partial charge in [-0.05, 0) is 94.2 Å². The lowest BCUT2D eigenvalue weighted by atomic mass is 9.99. The molecule has 2 fully saturated rings. The maximum Gasteiger partial charge on any atom is 0.150 e. The van der Waals surface area contributed by atoms with Crippen LogP contribution >= 0.6 is 0 Å². The lowest BCUT2D eigenvalue weighted by Crippen LogP contribution is -2.23. The van der Waals surface area contributed by atoms with Gasteiger partial charge in [0.2, 0.25) is 0 Å². The number of aliphatic imine (C=N–C) groups is 1. The number of rotatable bonds is 9. The molecule has 0 amide bonds. The average Bonchev–Trinajstić information content (AvgIpc) is 3.46. The number of allylic oxidation sites excluding steroid dienone is 2. The van der Waals surface area contributed by atoms with Crippen molar-refractivity contribution in [2.75, 3.05) is 19.8 Å². The smallest absolute Gasteiger partial charge is 0.150 e. The van der Waals surface area contributed by atoms with Crippen molar-refractivity contribution in [3.8, 4) is 33.9 Å². The summed E-state index contributed by atoms with van der Waals surface area (Å²) in [5, 5.41) is 5.01. The molecule has 3 aromatic heterocycles. The molecule has 1 aromatic carbocycles. The van der Waals surface area contributed by atoms with E-state index in [-0.39, 0.29) is 12.3 Å². The number of nitrogens with zero attached hydrogens (tertiary/aromatic N) is 5. The third kappa shape index (κ3) is 6.69. The Balaban J connectivity index is 1.41. The van der Waals surface area contributed by atoms with E-state index in [1.807, 2.05) is 13.0 Å². The molecule has 46 heavy (non-hydrogen) atoms. The third-order valence-electron chi connectivity index (χ3n) is 9.14. The molecule has 5 heterocycles. The van der Waals surface area contributed by atoms with Crippen LogP contribution in [0.1, 0.15) is 82.5 Å². The Bertz CT molecular complexity index is 1730. The predicted molar refractivity (Wildman–Crippen MR) is 185 cm³/mol. The highest BCUT2D eigenvalue weighted by Gasteiger charge is 2.25. The lowest BCUT2D eigenvalue weighted by Gasteiger charge is -2.24. The average molecular weight is 619 g/mol. The van der Waals surface area contributed by atoms with E-state index in [2.05, 4.69) is 80.1 Å². The first-order valence-corrected chi connectivity index (χ1v) is 16.8. The van der Waals surface area contributed by atoms with E-state index in [0.717, 1.165) is 126 Å². The summed E-state index contributed by atoms with van der Waals surface area (Å²) < 4.78 is 14.0. The van der Waals surface area contributed by atoms with Gasteiger partial charge in [0.15, 0.2) is 6.23 Å². The molecule has 0 saturated carbocycles. The molecule has 0 bridgehead atoms. The van der Waals surface area contributed by atoms with Crippen molar-refractivity contribution in [1.82, 2.24) is 19.7 Å². The second-order valence-electron chi connectivity index (χ2n) is 12.3. The topological polar surface area (TPSA) is 100 Å². The van der Waals surface area contributed by atoms with Crippen LogP contribution in [0.2, 0.25) is 0 Å². The van der Waals surface area contributed by atoms with Crippen LogP contribution in [0.5, 0.6) is 0 Å². The summed E-state index contributed by atoms with van der Waals surface area (Å²) in [4.78, 5) is 15.6. The van der Waals surface area contributed by atoms with Gasteiger partial charge in [-0.1, -0.05) is 50.2 Å². The van der Waals surface area contributed by atoms with Crippen LogP contribution in [-0.2, 0) is 15.9 Å². The summed E-state index contributed by atoms with van der Waals surface area (Å²) in [7, 11) is 0. The number of aromatic nitrogens is 4. The molecule has 240 valence electrons. The Morgan fingerprint density at radius 1 is 0.891 bits per heavy atom. The van der Waals surface area contributed by atoms with Gasteiger partial charge in [-0.2, -0.15) is 5.10 Å². The first-order valence-electron chi connectivity index (χ1n) is 16.8. The van der Waals surface area contributed by atoms with E-state index in [1.165, 1.54) is 0 Å². The number of ether oxygens (including phenoxy) is 2. The Morgan fingerprint density at radius 2 is 1.63 bits per heavy atom. The highest BCUT2D eigenvalue weighted by Crippen LogP contribution is 2.35. The maximum atomic E-state index is 6.47. The van der Waals surface area contributed by atoms with E-state index < -0.39 is 0 Å². The third-order valence-corrected chi connectivity index (χ3v) is 9.14. The Morgan fingerprint density at radius 3 is 2.30 bits per heavy atom. The molecular formula is C38H46N6O2. The predicted octanol–water partition coefficient (Wildman–Crippen LogP) is 7.85. The summed E-state index contributed by atoms with van der Waals surface area (Å²) in [5.41, 5.74) is 17.9. The Hall–Kier alpha value is -4.14. The number of nitrogens with two attached hydrogens (primary N) is 1. The molecule has 2 saturated heterocycles. The van der Waals surface area contributed by atoms with E-state index in [1.54, 1.807) is 0 Å². The van der Waals surface area contributed by atoms with E-state index in [4.69, 9.17) is 35.3 Å². The minimum atomic E-state index is -0.0669. The van der Waals surface area contributed by atoms with Crippen LogP contribution in [0.15, 0.2) is 76.9 Å². The molecule has 8 heteroatoms. The monoisotopic (exact) mass is 618 g/mol. The molecule has 2 atom stereocenters. The molecule has 0 radical (unpaired) electrons. The van der Waals surface area contributed by atoms with Crippen molar-refractivity contribution in [1.29, 1.82) is 0 Å². The summed E-state index contributed by atoms with van der Waals surface area (Å²) in [6, 6.07) is 20.8. The summed E-state index contributed by atoms with van der Waals surface area (Å²) in [6.45, 7) is 10.6. The Labute approximate surface area is 272 Å². The Kier molecular flexibility index (Phi) is 10.0. The zero-order chi connectivity index (χ0) is 32.0. The van der Waals surface area contributed by atoms with Crippen molar-refractivity contribution in [2.45, 2.75) is 84.9 Å². The molecule has 0 spiro atoms. The van der Waals surface area contributed by atoms with E-state index in [0.29, 0.717) is 6.61 Å². The first kappa shape index (κ1) is 31.8. The molecule has 8 nitrogen and oxygen atoms in total. The largest absolute Gasteiger partial charge is 0.402 e. The van der Waals surface area contributed by atoms with Crippen molar-refractivity contribution in [3.63, 3.8) is 0 Å². The lowest BCUT2D eigenvalue weighted by molar-refractivity contribution is -0.0386. The number of aryl methyl sites for hydroxylation is 1. The molecule has 4 aromatic rings. The van der Waals surface area contributed by atoms with Crippen LogP contribution in [0.3, 0.4) is 0 Å². The van der Waals surface area contributed by atoms with Crippen molar-refractivity contribution < 1.29 is 9.47 Å². The molecule has 2 N–H and O–H groups in total. The number of pyridine rings is 2. The summed E-state index contributed by atoms with van der Waals surface area (Å²) in [6.07, 6.45) is 6.74. The second kappa shape index (κ2) is 14.5. The van der Waals surface area contributed by atoms with Gasteiger partial charge in [0.05, 0.1) is 52.5 Å². The van der Waals surface area contributed by atoms with Gasteiger partial charge < -0.3 is 15.2 Å². The van der Waals surface area contributed by atoms with Crippen molar-refractivity contribution in [3.05, 3.63) is 88.9 Å². The van der Waals surface area contributed by atoms with Gasteiger partial charge in [-0.3, -0.25) is 4.99 Å². The van der Waals surface area contributed by atoms with Crippen LogP contribution in [0.25, 0.3) is 33.9 Å². The minimum Gasteiger partial charge on any atom is -0.402 e. The van der Waals surface area contributed by atoms with Gasteiger partial charge in [-0.15, -0.1) is 0 Å². The molecule has 2 unspecified atom stereocenters. The van der Waals surface area contributed by atoms with Gasteiger partial charge >= 0.3 is 0 Å². The zero-order valence-electron chi connectivity index (χ0n) is 27.6. The summed E-state index contributed by atoms with van der Waals surface area (Å²) >= 11 is 0. The van der Waals surface area contributed by atoms with Crippen LogP contribution in [0.4, 0.5) is 0 Å². The molecule has 2 aliphatic rings. The van der Waals surface area contributed by atoms with Gasteiger partial charge in [0.25, 0.3) is 0 Å². The zero-order valence-corrected chi connectivity index (χ0v) is 27.6. The van der Waals surface area contributed by atoms with Crippen LogP contribution in [0, 0.1) is 6.92 Å². The highest BCUT2D eigenvalue weighted by molar-refractivity contribution is 6.11. The van der Waals surface area contributed by atoms with Crippen molar-refractivity contribution in [2.24, 2.45) is 10.7 Å². The molecule has 6 rings (SSSR count). The SMILES string of the molecule is CCC(N)=C(C)C(=NC1CCCOC1)c1cccc(-c2ccccc2-c2cccc(-c3c(C)c(CC)nn3C3CCCCO3)n2)n1. The molecule has 2 aliphatic heterocycles. The molecular weight excluding hydrogens is 572 g/mol. The van der Waals surface area contributed by atoms with Crippen LogP contribution < -0.4 is 5.73 Å². The normalized spacial score (nSPS) is 19.6.